The van der Waals surface area contributed by atoms with Crippen molar-refractivity contribution in [2.24, 2.45) is 0 Å². The monoisotopic (exact) mass is 270 g/mol. The summed E-state index contributed by atoms with van der Waals surface area (Å²) >= 11 is 5.47. The minimum atomic E-state index is -3.43. The van der Waals surface area contributed by atoms with Crippen LogP contribution in [0.4, 0.5) is 0 Å². The molecule has 1 aromatic carbocycles. The molecule has 6 heteroatoms. The number of nitriles is 1. The minimum Gasteiger partial charge on any atom is -0.212 e. The highest BCUT2D eigenvalue weighted by atomic mass is 35.5. The van der Waals surface area contributed by atoms with E-state index < -0.39 is 10.0 Å². The van der Waals surface area contributed by atoms with E-state index in [1.165, 1.54) is 0 Å². The maximum atomic E-state index is 11.6. The van der Waals surface area contributed by atoms with Gasteiger partial charge in [-0.15, -0.1) is 0 Å². The van der Waals surface area contributed by atoms with Gasteiger partial charge in [0, 0.05) is 11.6 Å². The van der Waals surface area contributed by atoms with Crippen LogP contribution in [0.5, 0.6) is 0 Å². The summed E-state index contributed by atoms with van der Waals surface area (Å²) < 4.78 is 25.5. The Morgan fingerprint density at radius 2 is 2.00 bits per heavy atom. The molecule has 0 atom stereocenters. The van der Waals surface area contributed by atoms with Gasteiger partial charge in [0.2, 0.25) is 10.0 Å². The molecular formula is C11H11ClN2O2S. The van der Waals surface area contributed by atoms with Crippen molar-refractivity contribution in [2.75, 3.05) is 6.54 Å². The number of benzene rings is 1. The van der Waals surface area contributed by atoms with Gasteiger partial charge in [0.1, 0.15) is 0 Å². The zero-order valence-corrected chi connectivity index (χ0v) is 10.6. The fourth-order valence-corrected chi connectivity index (χ4v) is 2.41. The third-order valence-corrected chi connectivity index (χ3v) is 3.35. The Balaban J connectivity index is 2.70. The molecule has 90 valence electrons. The summed E-state index contributed by atoms with van der Waals surface area (Å²) in [5, 5.41) is 8.83. The van der Waals surface area contributed by atoms with Crippen LogP contribution >= 0.6 is 11.6 Å². The van der Waals surface area contributed by atoms with Crippen molar-refractivity contribution in [1.82, 2.24) is 4.72 Å². The lowest BCUT2D eigenvalue weighted by Crippen LogP contribution is -2.26. The molecule has 0 saturated heterocycles. The summed E-state index contributed by atoms with van der Waals surface area (Å²) in [5.74, 6) is -0.150. The molecule has 4 nitrogen and oxygen atoms in total. The second kappa shape index (κ2) is 5.82. The standard InChI is InChI=1S/C11H11ClN2O2S/c1-9(12)7-14-17(15,16)8-11-4-2-10(6-13)3-5-11/h2-5,14H,1,7-8H2. The highest BCUT2D eigenvalue weighted by Gasteiger charge is 2.11. The van der Waals surface area contributed by atoms with Crippen molar-refractivity contribution < 1.29 is 8.42 Å². The van der Waals surface area contributed by atoms with E-state index in [1.54, 1.807) is 24.3 Å². The zero-order chi connectivity index (χ0) is 12.9. The van der Waals surface area contributed by atoms with Gasteiger partial charge >= 0.3 is 0 Å². The lowest BCUT2D eigenvalue weighted by atomic mass is 10.2. The predicted octanol–water partition coefficient (Wildman–Crippen LogP) is 1.73. The van der Waals surface area contributed by atoms with Crippen LogP contribution < -0.4 is 4.72 Å². The van der Waals surface area contributed by atoms with Gasteiger partial charge in [-0.3, -0.25) is 0 Å². The molecule has 0 heterocycles. The maximum absolute atomic E-state index is 11.6. The topological polar surface area (TPSA) is 70.0 Å². The van der Waals surface area contributed by atoms with Gasteiger partial charge in [-0.2, -0.15) is 5.26 Å². The summed E-state index contributed by atoms with van der Waals surface area (Å²) in [6.07, 6.45) is 0. The van der Waals surface area contributed by atoms with Gasteiger partial charge in [-0.25, -0.2) is 13.1 Å². The third kappa shape index (κ3) is 5.00. The van der Waals surface area contributed by atoms with Crippen LogP contribution in [-0.4, -0.2) is 15.0 Å². The molecule has 0 aromatic heterocycles. The van der Waals surface area contributed by atoms with Crippen LogP contribution in [0.25, 0.3) is 0 Å². The van der Waals surface area contributed by atoms with Crippen molar-refractivity contribution in [2.45, 2.75) is 5.75 Å². The number of halogens is 1. The van der Waals surface area contributed by atoms with Crippen molar-refractivity contribution in [1.29, 1.82) is 5.26 Å². The van der Waals surface area contributed by atoms with E-state index in [0.717, 1.165) is 0 Å². The molecule has 1 N–H and O–H groups in total. The Morgan fingerprint density at radius 3 is 2.47 bits per heavy atom. The van der Waals surface area contributed by atoms with Crippen LogP contribution in [-0.2, 0) is 15.8 Å². The van der Waals surface area contributed by atoms with Crippen molar-refractivity contribution in [3.63, 3.8) is 0 Å². The first-order chi connectivity index (χ1) is 7.93. The van der Waals surface area contributed by atoms with Gasteiger partial charge in [-0.05, 0) is 17.7 Å². The first kappa shape index (κ1) is 13.7. The summed E-state index contributed by atoms with van der Waals surface area (Å²) in [6.45, 7) is 3.40. The van der Waals surface area contributed by atoms with Gasteiger partial charge in [-0.1, -0.05) is 30.3 Å². The van der Waals surface area contributed by atoms with E-state index in [1.807, 2.05) is 6.07 Å². The molecule has 0 aliphatic heterocycles. The first-order valence-electron chi connectivity index (χ1n) is 4.72. The molecule has 1 aromatic rings. The van der Waals surface area contributed by atoms with Gasteiger partial charge in [0.05, 0.1) is 17.4 Å². The largest absolute Gasteiger partial charge is 0.216 e. The van der Waals surface area contributed by atoms with E-state index >= 15 is 0 Å². The normalized spacial score (nSPS) is 10.8. The van der Waals surface area contributed by atoms with E-state index in [2.05, 4.69) is 11.3 Å². The molecule has 0 amide bonds. The SMILES string of the molecule is C=C(Cl)CNS(=O)(=O)Cc1ccc(C#N)cc1. The Morgan fingerprint density at radius 1 is 1.41 bits per heavy atom. The summed E-state index contributed by atoms with van der Waals surface area (Å²) in [5.41, 5.74) is 1.10. The number of hydrogen-bond acceptors (Lipinski definition) is 3. The highest BCUT2D eigenvalue weighted by Crippen LogP contribution is 2.07. The predicted molar refractivity (Wildman–Crippen MR) is 66.8 cm³/mol. The molecule has 0 spiro atoms. The molecule has 0 radical (unpaired) electrons. The number of sulfonamides is 1. The number of hydrogen-bond donors (Lipinski definition) is 1. The number of nitrogens with zero attached hydrogens (tertiary/aromatic N) is 1. The molecule has 0 aliphatic rings. The van der Waals surface area contributed by atoms with Crippen molar-refractivity contribution in [3.8, 4) is 6.07 Å². The lowest BCUT2D eigenvalue weighted by Gasteiger charge is -2.05. The number of rotatable bonds is 5. The summed E-state index contributed by atoms with van der Waals surface area (Å²) in [4.78, 5) is 0. The van der Waals surface area contributed by atoms with Crippen molar-refractivity contribution in [3.05, 3.63) is 47.0 Å². The molecule has 0 saturated carbocycles. The Kier molecular flexibility index (Phi) is 4.70. The highest BCUT2D eigenvalue weighted by molar-refractivity contribution is 7.88. The van der Waals surface area contributed by atoms with Crippen molar-refractivity contribution >= 4 is 21.6 Å². The second-order valence-electron chi connectivity index (χ2n) is 3.41. The van der Waals surface area contributed by atoms with E-state index in [0.29, 0.717) is 11.1 Å². The average molecular weight is 271 g/mol. The smallest absolute Gasteiger partial charge is 0.212 e. The lowest BCUT2D eigenvalue weighted by molar-refractivity contribution is 0.584. The van der Waals surface area contributed by atoms with Crippen LogP contribution in [0.3, 0.4) is 0 Å². The van der Waals surface area contributed by atoms with E-state index in [4.69, 9.17) is 16.9 Å². The maximum Gasteiger partial charge on any atom is 0.216 e. The average Bonchev–Trinajstić information content (AvgIpc) is 2.27. The molecular weight excluding hydrogens is 260 g/mol. The van der Waals surface area contributed by atoms with E-state index in [9.17, 15) is 8.42 Å². The van der Waals surface area contributed by atoms with Crippen LogP contribution in [0, 0.1) is 11.3 Å². The number of nitrogens with one attached hydrogen (secondary N) is 1. The first-order valence-corrected chi connectivity index (χ1v) is 6.75. The molecule has 1 rings (SSSR count). The second-order valence-corrected chi connectivity index (χ2v) is 5.75. The third-order valence-electron chi connectivity index (χ3n) is 1.92. The Labute approximate surface area is 106 Å². The Hall–Kier alpha value is -1.35. The molecule has 17 heavy (non-hydrogen) atoms. The van der Waals surface area contributed by atoms with Gasteiger partial charge in [0.15, 0.2) is 0 Å². The zero-order valence-electron chi connectivity index (χ0n) is 8.98. The molecule has 0 fully saturated rings. The van der Waals surface area contributed by atoms with Crippen LogP contribution in [0.2, 0.25) is 0 Å². The quantitative estimate of drug-likeness (QED) is 0.886. The summed E-state index contributed by atoms with van der Waals surface area (Å²) in [6, 6.07) is 8.32. The fourth-order valence-electron chi connectivity index (χ4n) is 1.13. The molecule has 0 unspecified atom stereocenters. The van der Waals surface area contributed by atoms with E-state index in [-0.39, 0.29) is 17.3 Å². The molecule has 0 bridgehead atoms. The van der Waals surface area contributed by atoms with Crippen LogP contribution in [0.1, 0.15) is 11.1 Å². The minimum absolute atomic E-state index is 0.0141. The fraction of sp³-hybridized carbons (Fsp3) is 0.182. The van der Waals surface area contributed by atoms with Crippen LogP contribution in [0.15, 0.2) is 35.9 Å². The summed E-state index contributed by atoms with van der Waals surface area (Å²) in [7, 11) is -3.43. The van der Waals surface area contributed by atoms with Gasteiger partial charge in [0.25, 0.3) is 0 Å². The Bertz CT molecular complexity index is 544. The molecule has 0 aliphatic carbocycles. The van der Waals surface area contributed by atoms with Gasteiger partial charge < -0.3 is 0 Å².